The number of fused-ring (bicyclic) bond motifs is 2. The van der Waals surface area contributed by atoms with Gasteiger partial charge in [0.2, 0.25) is 17.6 Å². The van der Waals surface area contributed by atoms with Crippen LogP contribution in [0.1, 0.15) is 95.2 Å². The summed E-state index contributed by atoms with van der Waals surface area (Å²) in [6.07, 6.45) is 6.41. The Labute approximate surface area is 386 Å². The number of amides is 3. The van der Waals surface area contributed by atoms with E-state index in [2.05, 4.69) is 56.3 Å². The Morgan fingerprint density at radius 1 is 0.896 bits per heavy atom. The predicted octanol–water partition coefficient (Wildman–Crippen LogP) is 6.69. The second-order valence-corrected chi connectivity index (χ2v) is 20.3. The number of H-pyrrole nitrogens is 1. The number of hydrogen-bond donors (Lipinski definition) is 3. The average Bonchev–Trinajstić information content (AvgIpc) is 4.04. The fourth-order valence-electron chi connectivity index (χ4n) is 10.8. The minimum absolute atomic E-state index is 0.00388. The summed E-state index contributed by atoms with van der Waals surface area (Å²) in [7, 11) is -4.36. The van der Waals surface area contributed by atoms with Crippen molar-refractivity contribution in [2.24, 2.45) is 5.92 Å². The third-order valence-corrected chi connectivity index (χ3v) is 15.9. The van der Waals surface area contributed by atoms with Gasteiger partial charge >= 0.3 is 10.2 Å². The second-order valence-electron chi connectivity index (χ2n) is 18.7. The monoisotopic (exact) mass is 936 g/mol. The maximum atomic E-state index is 15.8. The van der Waals surface area contributed by atoms with Gasteiger partial charge in [-0.1, -0.05) is 24.3 Å². The van der Waals surface area contributed by atoms with Gasteiger partial charge in [0.25, 0.3) is 5.91 Å². The summed E-state index contributed by atoms with van der Waals surface area (Å²) in [5.74, 6) is -3.42. The maximum absolute atomic E-state index is 15.8. The Morgan fingerprint density at radius 3 is 2.42 bits per heavy atom. The number of imide groups is 1. The van der Waals surface area contributed by atoms with E-state index in [1.54, 1.807) is 17.2 Å². The highest BCUT2D eigenvalue weighted by Gasteiger charge is 2.40. The largest absolute Gasteiger partial charge is 0.369 e. The van der Waals surface area contributed by atoms with Gasteiger partial charge in [-0.15, -0.1) is 0 Å². The zero-order valence-corrected chi connectivity index (χ0v) is 37.8. The van der Waals surface area contributed by atoms with Crippen LogP contribution in [0.2, 0.25) is 0 Å². The first-order chi connectivity index (χ1) is 32.2. The number of hydrogen-bond acceptors (Lipinski definition) is 9. The standard InChI is InChI=1S/C49H51F3N8O6S/c1-28-20-29(25-57-16-13-31(14-17-57)32-4-7-37-34(21-32)26-60(49(37)64)42-10-11-43(61)55-48(42)63)12-19-59(28)36-5-2-30(3-6-36)33-22-38-39(24-54-47(38)53-23-33)46(62)44-40(51)8-9-41(45(44)52)56-67(65,66)58-18-15-35(50)27-58/h2-9,21-24,28-29,31,35,42,56H,10-20,25-27H2,1H3,(H,53,54)(H,55,61,63)/t28-,29-,35-,42+/m1/s1. The molecule has 5 aliphatic heterocycles. The lowest BCUT2D eigenvalue weighted by Gasteiger charge is -2.42. The molecule has 5 aromatic rings. The molecule has 4 saturated heterocycles. The molecule has 3 N–H and O–H groups in total. The van der Waals surface area contributed by atoms with E-state index in [0.29, 0.717) is 53.0 Å². The van der Waals surface area contributed by atoms with E-state index < -0.39 is 57.0 Å². The molecule has 0 spiro atoms. The maximum Gasteiger partial charge on any atom is 0.301 e. The number of piperidine rings is 3. The van der Waals surface area contributed by atoms with Crippen molar-refractivity contribution < 1.29 is 40.8 Å². The molecule has 0 unspecified atom stereocenters. The summed E-state index contributed by atoms with van der Waals surface area (Å²) in [5.41, 5.74) is 4.17. The predicted molar refractivity (Wildman–Crippen MR) is 245 cm³/mol. The van der Waals surface area contributed by atoms with Gasteiger partial charge in [0, 0.05) is 85.3 Å². The number of aromatic nitrogens is 2. The number of nitrogens with one attached hydrogen (secondary N) is 3. The first-order valence-electron chi connectivity index (χ1n) is 23.0. The zero-order chi connectivity index (χ0) is 46.7. The van der Waals surface area contributed by atoms with Crippen molar-refractivity contribution in [2.75, 3.05) is 48.9 Å². The number of carbonyl (C=O) groups excluding carboxylic acids is 4. The van der Waals surface area contributed by atoms with Crippen LogP contribution >= 0.6 is 0 Å². The van der Waals surface area contributed by atoms with Crippen LogP contribution in [0.5, 0.6) is 0 Å². The van der Waals surface area contributed by atoms with Crippen LogP contribution in [0.4, 0.5) is 24.5 Å². The summed E-state index contributed by atoms with van der Waals surface area (Å²) in [4.78, 5) is 65.1. The molecule has 67 heavy (non-hydrogen) atoms. The molecule has 4 fully saturated rings. The minimum Gasteiger partial charge on any atom is -0.369 e. The van der Waals surface area contributed by atoms with Crippen LogP contribution < -0.4 is 14.9 Å². The Kier molecular flexibility index (Phi) is 11.9. The van der Waals surface area contributed by atoms with Gasteiger partial charge in [-0.25, -0.2) is 18.2 Å². The van der Waals surface area contributed by atoms with Crippen LogP contribution in [0.3, 0.4) is 0 Å². The third kappa shape index (κ3) is 8.70. The molecular weight excluding hydrogens is 886 g/mol. The Bertz CT molecular complexity index is 2910. The van der Waals surface area contributed by atoms with E-state index >= 15 is 8.78 Å². The lowest BCUT2D eigenvalue weighted by Crippen LogP contribution is -2.52. The van der Waals surface area contributed by atoms with Gasteiger partial charge in [-0.3, -0.25) is 29.2 Å². The summed E-state index contributed by atoms with van der Waals surface area (Å²) in [6, 6.07) is 17.4. The first kappa shape index (κ1) is 44.7. The Morgan fingerprint density at radius 2 is 1.69 bits per heavy atom. The second kappa shape index (κ2) is 17.8. The zero-order valence-electron chi connectivity index (χ0n) is 36.9. The summed E-state index contributed by atoms with van der Waals surface area (Å²) in [6.45, 7) is 6.14. The molecule has 14 nitrogen and oxygen atoms in total. The van der Waals surface area contributed by atoms with Gasteiger partial charge in [0.05, 0.1) is 11.3 Å². The highest BCUT2D eigenvalue weighted by molar-refractivity contribution is 7.90. The summed E-state index contributed by atoms with van der Waals surface area (Å²) in [5, 5.41) is 2.71. The Hall–Kier alpha value is -6.11. The van der Waals surface area contributed by atoms with E-state index in [1.807, 2.05) is 22.9 Å². The van der Waals surface area contributed by atoms with Gasteiger partial charge < -0.3 is 19.7 Å². The number of likely N-dealkylation sites (tertiary alicyclic amines) is 1. The van der Waals surface area contributed by atoms with Crippen LogP contribution in [-0.4, -0.2) is 114 Å². The molecule has 0 bridgehead atoms. The molecule has 7 heterocycles. The molecule has 350 valence electrons. The fourth-order valence-corrected chi connectivity index (χ4v) is 12.0. The normalized spacial score (nSPS) is 23.3. The molecule has 0 saturated carbocycles. The number of carbonyl (C=O) groups is 4. The lowest BCUT2D eigenvalue weighted by molar-refractivity contribution is -0.136. The SMILES string of the molecule is C[C@@H]1C[C@H](CN2CCC(c3ccc4c(c3)CN([C@H]3CCC(=O)NC3=O)C4=O)CC2)CCN1c1ccc(-c2cnc3[nH]cc(C(=O)c4c(F)ccc(NS(=O)(=O)N5CC[C@@H](F)C5)c4F)c3c2)cc1. The topological polar surface area (TPSA) is 168 Å². The van der Waals surface area contributed by atoms with Crippen LogP contribution in [0.25, 0.3) is 22.2 Å². The van der Waals surface area contributed by atoms with E-state index in [0.717, 1.165) is 85.1 Å². The first-order valence-corrected chi connectivity index (χ1v) is 24.4. The van der Waals surface area contributed by atoms with E-state index in [1.165, 1.54) is 11.8 Å². The highest BCUT2D eigenvalue weighted by atomic mass is 32.2. The summed E-state index contributed by atoms with van der Waals surface area (Å²) >= 11 is 0. The van der Waals surface area contributed by atoms with Gasteiger partial charge in [0.15, 0.2) is 5.82 Å². The smallest absolute Gasteiger partial charge is 0.301 e. The molecule has 10 rings (SSSR count). The van der Waals surface area contributed by atoms with E-state index in [4.69, 9.17) is 0 Å². The van der Waals surface area contributed by atoms with Crippen molar-refractivity contribution in [3.63, 3.8) is 0 Å². The molecule has 0 aliphatic carbocycles. The van der Waals surface area contributed by atoms with Crippen molar-refractivity contribution >= 4 is 56.1 Å². The molecule has 2 aromatic heterocycles. The fraction of sp³-hybridized carbons (Fsp3) is 0.408. The number of benzene rings is 3. The molecular formula is C49H51F3N8O6S. The number of halogens is 3. The summed E-state index contributed by atoms with van der Waals surface area (Å²) < 4.78 is 73.2. The molecule has 4 atom stereocenters. The Balaban J connectivity index is 0.742. The van der Waals surface area contributed by atoms with Gasteiger partial charge in [0.1, 0.15) is 23.7 Å². The van der Waals surface area contributed by atoms with E-state index in [-0.39, 0.29) is 43.3 Å². The molecule has 18 heteroatoms. The number of aromatic amines is 1. The van der Waals surface area contributed by atoms with Crippen molar-refractivity contribution in [1.29, 1.82) is 0 Å². The number of ketones is 1. The molecule has 3 amide bonds. The van der Waals surface area contributed by atoms with Gasteiger partial charge in [-0.05, 0) is 123 Å². The number of pyridine rings is 1. The van der Waals surface area contributed by atoms with Crippen molar-refractivity contribution in [3.05, 3.63) is 113 Å². The molecule has 5 aliphatic rings. The van der Waals surface area contributed by atoms with E-state index in [9.17, 15) is 32.0 Å². The van der Waals surface area contributed by atoms with Crippen molar-refractivity contribution in [1.82, 2.24) is 29.4 Å². The number of nitrogens with zero attached hydrogens (tertiary/aromatic N) is 5. The number of rotatable bonds is 11. The minimum atomic E-state index is -4.36. The van der Waals surface area contributed by atoms with Crippen molar-refractivity contribution in [2.45, 2.75) is 82.6 Å². The van der Waals surface area contributed by atoms with Gasteiger partial charge in [-0.2, -0.15) is 12.7 Å². The lowest BCUT2D eigenvalue weighted by atomic mass is 9.86. The molecule has 0 radical (unpaired) electrons. The quantitative estimate of drug-likeness (QED) is 0.0967. The number of anilines is 2. The van der Waals surface area contributed by atoms with Crippen molar-refractivity contribution in [3.8, 4) is 11.1 Å². The highest BCUT2D eigenvalue weighted by Crippen LogP contribution is 2.37. The van der Waals surface area contributed by atoms with Crippen LogP contribution in [0, 0.1) is 17.6 Å². The molecule has 3 aromatic carbocycles. The average molecular weight is 937 g/mol. The van der Waals surface area contributed by atoms with Crippen LogP contribution in [-0.2, 0) is 26.3 Å². The number of alkyl halides is 1. The third-order valence-electron chi connectivity index (χ3n) is 14.4. The van der Waals surface area contributed by atoms with Crippen LogP contribution in [0.15, 0.2) is 73.1 Å².